The van der Waals surface area contributed by atoms with Crippen molar-refractivity contribution in [3.05, 3.63) is 29.6 Å². The van der Waals surface area contributed by atoms with Gasteiger partial charge in [-0.15, -0.1) is 0 Å². The molecule has 1 aromatic carbocycles. The Morgan fingerprint density at radius 2 is 2.00 bits per heavy atom. The van der Waals surface area contributed by atoms with Crippen molar-refractivity contribution < 1.29 is 24.2 Å². The maximum atomic E-state index is 13.1. The van der Waals surface area contributed by atoms with Crippen LogP contribution in [-0.2, 0) is 4.79 Å². The molecule has 1 atom stereocenters. The van der Waals surface area contributed by atoms with Crippen molar-refractivity contribution in [3.63, 3.8) is 0 Å². The molecule has 108 valence electrons. The summed E-state index contributed by atoms with van der Waals surface area (Å²) in [4.78, 5) is 25.0. The molecule has 1 amide bonds. The van der Waals surface area contributed by atoms with Gasteiger partial charge >= 0.3 is 12.1 Å². The van der Waals surface area contributed by atoms with Crippen LogP contribution in [0.15, 0.2) is 18.2 Å². The van der Waals surface area contributed by atoms with Crippen LogP contribution in [0.4, 0.5) is 14.9 Å². The van der Waals surface area contributed by atoms with E-state index in [1.54, 1.807) is 11.8 Å². The third-order valence-electron chi connectivity index (χ3n) is 3.40. The van der Waals surface area contributed by atoms with E-state index in [-0.39, 0.29) is 25.5 Å². The second-order valence-electron chi connectivity index (χ2n) is 4.71. The van der Waals surface area contributed by atoms with Crippen LogP contribution in [0.2, 0.25) is 0 Å². The lowest BCUT2D eigenvalue weighted by atomic mass is 10.1. The molecule has 0 saturated carbocycles. The van der Waals surface area contributed by atoms with Crippen molar-refractivity contribution in [2.45, 2.75) is 13.0 Å². The van der Waals surface area contributed by atoms with E-state index in [9.17, 15) is 19.1 Å². The summed E-state index contributed by atoms with van der Waals surface area (Å²) in [5, 5.41) is 18.2. The van der Waals surface area contributed by atoms with Crippen LogP contribution >= 0.6 is 0 Å². The van der Waals surface area contributed by atoms with E-state index < -0.39 is 18.1 Å². The number of carboxylic acid groups (broad SMARTS) is 2. The molecule has 0 spiro atoms. The molecule has 1 saturated heterocycles. The van der Waals surface area contributed by atoms with Gasteiger partial charge in [-0.05, 0) is 30.7 Å². The molecule has 2 rings (SSSR count). The number of nitrogens with zero attached hydrogens (tertiary/aromatic N) is 2. The maximum absolute atomic E-state index is 13.1. The number of piperazine rings is 1. The van der Waals surface area contributed by atoms with Crippen molar-refractivity contribution >= 4 is 17.7 Å². The first-order valence-corrected chi connectivity index (χ1v) is 6.13. The third kappa shape index (κ3) is 2.66. The molecular weight excluding hydrogens is 267 g/mol. The van der Waals surface area contributed by atoms with Crippen molar-refractivity contribution in [1.82, 2.24) is 4.90 Å². The number of halogens is 1. The monoisotopic (exact) mass is 282 g/mol. The average Bonchev–Trinajstić information content (AvgIpc) is 2.38. The average molecular weight is 282 g/mol. The van der Waals surface area contributed by atoms with E-state index >= 15 is 0 Å². The molecule has 0 bridgehead atoms. The number of amides is 1. The predicted molar refractivity (Wildman–Crippen MR) is 69.5 cm³/mol. The fourth-order valence-electron chi connectivity index (χ4n) is 2.40. The predicted octanol–water partition coefficient (Wildman–Crippen LogP) is 1.39. The number of aryl methyl sites for hydroxylation is 1. The molecule has 1 aliphatic heterocycles. The standard InChI is InChI=1S/C13H15FN2O4/c1-8-6-9(14)2-3-10(8)16-5-4-15(13(19)20)7-11(16)12(17)18/h2-3,6,11H,4-5,7H2,1H3,(H,17,18)(H,19,20). The van der Waals surface area contributed by atoms with E-state index in [2.05, 4.69) is 0 Å². The van der Waals surface area contributed by atoms with Gasteiger partial charge in [0.1, 0.15) is 11.9 Å². The van der Waals surface area contributed by atoms with Crippen LogP contribution in [-0.4, -0.2) is 52.9 Å². The van der Waals surface area contributed by atoms with Gasteiger partial charge in [0, 0.05) is 18.8 Å². The molecule has 20 heavy (non-hydrogen) atoms. The fourth-order valence-corrected chi connectivity index (χ4v) is 2.40. The normalized spacial score (nSPS) is 19.0. The molecule has 1 heterocycles. The van der Waals surface area contributed by atoms with Gasteiger partial charge in [0.2, 0.25) is 0 Å². The molecule has 1 unspecified atom stereocenters. The van der Waals surface area contributed by atoms with Crippen molar-refractivity contribution in [3.8, 4) is 0 Å². The van der Waals surface area contributed by atoms with Gasteiger partial charge in [-0.2, -0.15) is 0 Å². The molecule has 1 fully saturated rings. The Balaban J connectivity index is 2.30. The van der Waals surface area contributed by atoms with Gasteiger partial charge in [-0.3, -0.25) is 0 Å². The van der Waals surface area contributed by atoms with E-state index in [4.69, 9.17) is 5.11 Å². The summed E-state index contributed by atoms with van der Waals surface area (Å²) in [6.45, 7) is 2.06. The number of hydrogen-bond donors (Lipinski definition) is 2. The Hall–Kier alpha value is -2.31. The highest BCUT2D eigenvalue weighted by atomic mass is 19.1. The minimum absolute atomic E-state index is 0.110. The minimum Gasteiger partial charge on any atom is -0.480 e. The highest BCUT2D eigenvalue weighted by Crippen LogP contribution is 2.25. The molecule has 0 aliphatic carbocycles. The summed E-state index contributed by atoms with van der Waals surface area (Å²) >= 11 is 0. The smallest absolute Gasteiger partial charge is 0.407 e. The first-order valence-electron chi connectivity index (χ1n) is 6.13. The molecule has 7 heteroatoms. The Morgan fingerprint density at radius 3 is 2.55 bits per heavy atom. The Morgan fingerprint density at radius 1 is 1.30 bits per heavy atom. The summed E-state index contributed by atoms with van der Waals surface area (Å²) in [7, 11) is 0. The summed E-state index contributed by atoms with van der Waals surface area (Å²) in [5.41, 5.74) is 1.24. The zero-order valence-electron chi connectivity index (χ0n) is 10.9. The summed E-state index contributed by atoms with van der Waals surface area (Å²) in [6, 6.07) is 3.16. The van der Waals surface area contributed by atoms with Gasteiger partial charge in [0.25, 0.3) is 0 Å². The van der Waals surface area contributed by atoms with Gasteiger partial charge in [0.15, 0.2) is 0 Å². The van der Waals surface area contributed by atoms with Gasteiger partial charge in [0.05, 0.1) is 6.54 Å². The van der Waals surface area contributed by atoms with Crippen molar-refractivity contribution in [1.29, 1.82) is 0 Å². The number of carbonyl (C=O) groups is 2. The second-order valence-corrected chi connectivity index (χ2v) is 4.71. The molecule has 0 radical (unpaired) electrons. The number of aliphatic carboxylic acids is 1. The van der Waals surface area contributed by atoms with Crippen LogP contribution in [0.1, 0.15) is 5.56 Å². The van der Waals surface area contributed by atoms with Gasteiger partial charge < -0.3 is 20.0 Å². The van der Waals surface area contributed by atoms with E-state index in [0.717, 1.165) is 4.90 Å². The lowest BCUT2D eigenvalue weighted by Gasteiger charge is -2.40. The van der Waals surface area contributed by atoms with Crippen LogP contribution in [0, 0.1) is 12.7 Å². The number of rotatable bonds is 2. The quantitative estimate of drug-likeness (QED) is 0.856. The van der Waals surface area contributed by atoms with Crippen LogP contribution < -0.4 is 4.90 Å². The Kier molecular flexibility index (Phi) is 3.78. The number of carboxylic acids is 1. The second kappa shape index (κ2) is 5.36. The topological polar surface area (TPSA) is 81.1 Å². The highest BCUT2D eigenvalue weighted by Gasteiger charge is 2.34. The maximum Gasteiger partial charge on any atom is 0.407 e. The summed E-state index contributed by atoms with van der Waals surface area (Å²) in [6.07, 6.45) is -1.13. The zero-order valence-corrected chi connectivity index (χ0v) is 10.9. The highest BCUT2D eigenvalue weighted by molar-refractivity contribution is 5.80. The Bertz CT molecular complexity index is 549. The van der Waals surface area contributed by atoms with Crippen LogP contribution in [0.25, 0.3) is 0 Å². The molecule has 0 aromatic heterocycles. The zero-order chi connectivity index (χ0) is 14.9. The molecule has 6 nitrogen and oxygen atoms in total. The summed E-state index contributed by atoms with van der Waals surface area (Å²) in [5.74, 6) is -1.48. The van der Waals surface area contributed by atoms with Gasteiger partial charge in [-0.25, -0.2) is 14.0 Å². The van der Waals surface area contributed by atoms with E-state index in [0.29, 0.717) is 11.3 Å². The van der Waals surface area contributed by atoms with Gasteiger partial charge in [-0.1, -0.05) is 0 Å². The Labute approximate surface area is 115 Å². The number of hydrogen-bond acceptors (Lipinski definition) is 3. The first-order chi connectivity index (χ1) is 9.40. The first kappa shape index (κ1) is 14.1. The van der Waals surface area contributed by atoms with Crippen LogP contribution in [0.3, 0.4) is 0 Å². The lowest BCUT2D eigenvalue weighted by Crippen LogP contribution is -2.58. The summed E-state index contributed by atoms with van der Waals surface area (Å²) < 4.78 is 13.1. The van der Waals surface area contributed by atoms with Crippen molar-refractivity contribution in [2.75, 3.05) is 24.5 Å². The molecule has 1 aromatic rings. The number of anilines is 1. The third-order valence-corrected chi connectivity index (χ3v) is 3.40. The fraction of sp³-hybridized carbons (Fsp3) is 0.385. The molecule has 2 N–H and O–H groups in total. The van der Waals surface area contributed by atoms with Crippen LogP contribution in [0.5, 0.6) is 0 Å². The number of benzene rings is 1. The van der Waals surface area contributed by atoms with E-state index in [1.807, 2.05) is 0 Å². The SMILES string of the molecule is Cc1cc(F)ccc1N1CCN(C(=O)O)CC1C(=O)O. The molecular formula is C13H15FN2O4. The molecule has 1 aliphatic rings. The van der Waals surface area contributed by atoms with E-state index in [1.165, 1.54) is 18.2 Å². The minimum atomic E-state index is -1.13. The largest absolute Gasteiger partial charge is 0.480 e. The van der Waals surface area contributed by atoms with Crippen molar-refractivity contribution in [2.24, 2.45) is 0 Å². The lowest BCUT2D eigenvalue weighted by molar-refractivity contribution is -0.139.